The zero-order valence-electron chi connectivity index (χ0n) is 12.3. The van der Waals surface area contributed by atoms with Gasteiger partial charge in [0.2, 0.25) is 5.91 Å². The molecule has 0 spiro atoms. The molecule has 118 valence electrons. The number of carboxylic acid groups (broad SMARTS) is 1. The molecule has 1 aliphatic rings. The quantitative estimate of drug-likeness (QED) is 0.709. The molecule has 0 aromatic heterocycles. The number of hydrogen-bond acceptors (Lipinski definition) is 4. The molecule has 0 radical (unpaired) electrons. The molecule has 2 amide bonds. The largest absolute Gasteiger partial charge is 0.480 e. The average Bonchev–Trinajstić information content (AvgIpc) is 2.91. The van der Waals surface area contributed by atoms with Crippen molar-refractivity contribution in [3.8, 4) is 0 Å². The second kappa shape index (κ2) is 6.57. The minimum Gasteiger partial charge on any atom is -0.480 e. The molecule has 1 aromatic rings. The molecule has 2 unspecified atom stereocenters. The SMILES string of the molecule is Cc1ccc(C(=O)NC2CC(C(=O)O)N(C(=O)CN)C2)cc1. The third-order valence-electron chi connectivity index (χ3n) is 3.73. The smallest absolute Gasteiger partial charge is 0.326 e. The van der Waals surface area contributed by atoms with Gasteiger partial charge in [-0.15, -0.1) is 0 Å². The van der Waals surface area contributed by atoms with Gasteiger partial charge < -0.3 is 21.1 Å². The molecule has 1 saturated heterocycles. The molecule has 7 heteroatoms. The summed E-state index contributed by atoms with van der Waals surface area (Å²) in [6, 6.07) is 5.72. The number of likely N-dealkylation sites (tertiary alicyclic amines) is 1. The average molecular weight is 305 g/mol. The van der Waals surface area contributed by atoms with Crippen LogP contribution in [0.3, 0.4) is 0 Å². The first kappa shape index (κ1) is 16.0. The van der Waals surface area contributed by atoms with Gasteiger partial charge in [-0.3, -0.25) is 9.59 Å². The van der Waals surface area contributed by atoms with Gasteiger partial charge in [-0.25, -0.2) is 4.79 Å². The van der Waals surface area contributed by atoms with Crippen molar-refractivity contribution in [3.63, 3.8) is 0 Å². The molecule has 4 N–H and O–H groups in total. The number of nitrogens with zero attached hydrogens (tertiary/aromatic N) is 1. The van der Waals surface area contributed by atoms with Crippen LogP contribution in [-0.4, -0.2) is 53.0 Å². The van der Waals surface area contributed by atoms with E-state index in [1.807, 2.05) is 19.1 Å². The Labute approximate surface area is 128 Å². The maximum Gasteiger partial charge on any atom is 0.326 e. The van der Waals surface area contributed by atoms with E-state index < -0.39 is 24.0 Å². The summed E-state index contributed by atoms with van der Waals surface area (Å²) < 4.78 is 0. The van der Waals surface area contributed by atoms with Gasteiger partial charge in [-0.05, 0) is 19.1 Å². The van der Waals surface area contributed by atoms with E-state index in [4.69, 9.17) is 5.73 Å². The Balaban J connectivity index is 2.04. The topological polar surface area (TPSA) is 113 Å². The number of nitrogens with one attached hydrogen (secondary N) is 1. The van der Waals surface area contributed by atoms with Crippen LogP contribution in [0.1, 0.15) is 22.3 Å². The lowest BCUT2D eigenvalue weighted by atomic mass is 10.1. The summed E-state index contributed by atoms with van der Waals surface area (Å²) >= 11 is 0. The molecule has 0 bridgehead atoms. The Bertz CT molecular complexity index is 585. The summed E-state index contributed by atoms with van der Waals surface area (Å²) in [7, 11) is 0. The number of aliphatic carboxylic acids is 1. The predicted octanol–water partition coefficient (Wildman–Crippen LogP) is -0.262. The lowest BCUT2D eigenvalue weighted by molar-refractivity contribution is -0.147. The lowest BCUT2D eigenvalue weighted by Crippen LogP contribution is -2.44. The summed E-state index contributed by atoms with van der Waals surface area (Å²) in [5.41, 5.74) is 6.84. The zero-order valence-corrected chi connectivity index (χ0v) is 12.3. The van der Waals surface area contributed by atoms with E-state index in [-0.39, 0.29) is 25.4 Å². The number of aryl methyl sites for hydroxylation is 1. The number of amides is 2. The Hall–Kier alpha value is -2.41. The predicted molar refractivity (Wildman–Crippen MR) is 79.2 cm³/mol. The lowest BCUT2D eigenvalue weighted by Gasteiger charge is -2.20. The van der Waals surface area contributed by atoms with E-state index in [2.05, 4.69) is 5.32 Å². The maximum atomic E-state index is 12.1. The van der Waals surface area contributed by atoms with Crippen molar-refractivity contribution < 1.29 is 19.5 Å². The van der Waals surface area contributed by atoms with E-state index in [0.717, 1.165) is 5.56 Å². The van der Waals surface area contributed by atoms with Crippen molar-refractivity contribution in [2.45, 2.75) is 25.4 Å². The van der Waals surface area contributed by atoms with E-state index >= 15 is 0 Å². The Morgan fingerprint density at radius 1 is 1.32 bits per heavy atom. The Kier molecular flexibility index (Phi) is 4.77. The van der Waals surface area contributed by atoms with Crippen LogP contribution in [-0.2, 0) is 9.59 Å². The highest BCUT2D eigenvalue weighted by molar-refractivity contribution is 5.94. The van der Waals surface area contributed by atoms with Gasteiger partial charge in [-0.2, -0.15) is 0 Å². The number of hydrogen-bond donors (Lipinski definition) is 3. The third kappa shape index (κ3) is 3.43. The van der Waals surface area contributed by atoms with Crippen LogP contribution in [0, 0.1) is 6.92 Å². The van der Waals surface area contributed by atoms with Gasteiger partial charge in [-0.1, -0.05) is 17.7 Å². The maximum absolute atomic E-state index is 12.1. The molecule has 0 aliphatic carbocycles. The number of carbonyl (C=O) groups is 3. The van der Waals surface area contributed by atoms with Gasteiger partial charge in [0.15, 0.2) is 0 Å². The highest BCUT2D eigenvalue weighted by atomic mass is 16.4. The van der Waals surface area contributed by atoms with Crippen LogP contribution in [0.25, 0.3) is 0 Å². The van der Waals surface area contributed by atoms with Gasteiger partial charge in [0.1, 0.15) is 6.04 Å². The minimum atomic E-state index is -1.09. The number of carbonyl (C=O) groups excluding carboxylic acids is 2. The normalized spacial score (nSPS) is 20.7. The van der Waals surface area contributed by atoms with Crippen molar-refractivity contribution in [2.24, 2.45) is 5.73 Å². The van der Waals surface area contributed by atoms with Crippen LogP contribution in [0.5, 0.6) is 0 Å². The highest BCUT2D eigenvalue weighted by Gasteiger charge is 2.39. The monoisotopic (exact) mass is 305 g/mol. The van der Waals surface area contributed by atoms with Crippen LogP contribution >= 0.6 is 0 Å². The van der Waals surface area contributed by atoms with Crippen LogP contribution in [0.4, 0.5) is 0 Å². The summed E-state index contributed by atoms with van der Waals surface area (Å²) in [6.45, 7) is 1.83. The summed E-state index contributed by atoms with van der Waals surface area (Å²) in [6.07, 6.45) is 0.179. The van der Waals surface area contributed by atoms with Crippen molar-refractivity contribution in [1.82, 2.24) is 10.2 Å². The molecule has 2 atom stereocenters. The summed E-state index contributed by atoms with van der Waals surface area (Å²) in [5.74, 6) is -1.80. The fraction of sp³-hybridized carbons (Fsp3) is 0.400. The van der Waals surface area contributed by atoms with Crippen molar-refractivity contribution in [3.05, 3.63) is 35.4 Å². The molecule has 22 heavy (non-hydrogen) atoms. The van der Waals surface area contributed by atoms with Crippen molar-refractivity contribution >= 4 is 17.8 Å². The number of benzene rings is 1. The molecule has 0 saturated carbocycles. The van der Waals surface area contributed by atoms with Gasteiger partial charge in [0, 0.05) is 24.6 Å². The first-order valence-corrected chi connectivity index (χ1v) is 7.02. The number of rotatable bonds is 4. The van der Waals surface area contributed by atoms with Gasteiger partial charge >= 0.3 is 5.97 Å². The van der Waals surface area contributed by atoms with Crippen LogP contribution < -0.4 is 11.1 Å². The number of carboxylic acids is 1. The molecule has 1 heterocycles. The van der Waals surface area contributed by atoms with Gasteiger partial charge in [0.05, 0.1) is 6.54 Å². The molecular formula is C15H19N3O4. The standard InChI is InChI=1S/C15H19N3O4/c1-9-2-4-10(5-3-9)14(20)17-11-6-12(15(21)22)18(8-11)13(19)7-16/h2-5,11-12H,6-8,16H2,1H3,(H,17,20)(H,21,22). The summed E-state index contributed by atoms with van der Waals surface area (Å²) in [4.78, 5) is 36.3. The van der Waals surface area contributed by atoms with Crippen LogP contribution in [0.2, 0.25) is 0 Å². The molecule has 7 nitrogen and oxygen atoms in total. The Morgan fingerprint density at radius 3 is 2.50 bits per heavy atom. The number of nitrogens with two attached hydrogens (primary N) is 1. The van der Waals surface area contributed by atoms with Gasteiger partial charge in [0.25, 0.3) is 5.91 Å². The molecule has 1 aromatic carbocycles. The molecule has 1 fully saturated rings. The second-order valence-electron chi connectivity index (χ2n) is 5.38. The van der Waals surface area contributed by atoms with Crippen molar-refractivity contribution in [2.75, 3.05) is 13.1 Å². The Morgan fingerprint density at radius 2 is 1.95 bits per heavy atom. The van der Waals surface area contributed by atoms with E-state index in [1.54, 1.807) is 12.1 Å². The fourth-order valence-corrected chi connectivity index (χ4v) is 2.54. The van der Waals surface area contributed by atoms with Crippen LogP contribution in [0.15, 0.2) is 24.3 Å². The van der Waals surface area contributed by atoms with E-state index in [9.17, 15) is 19.5 Å². The zero-order chi connectivity index (χ0) is 16.3. The van der Waals surface area contributed by atoms with Crippen molar-refractivity contribution in [1.29, 1.82) is 0 Å². The minimum absolute atomic E-state index is 0.157. The first-order valence-electron chi connectivity index (χ1n) is 7.02. The molecule has 1 aliphatic heterocycles. The highest BCUT2D eigenvalue weighted by Crippen LogP contribution is 2.19. The second-order valence-corrected chi connectivity index (χ2v) is 5.38. The fourth-order valence-electron chi connectivity index (χ4n) is 2.54. The molecule has 2 rings (SSSR count). The molecular weight excluding hydrogens is 286 g/mol. The first-order chi connectivity index (χ1) is 10.4. The van der Waals surface area contributed by atoms with E-state index in [0.29, 0.717) is 5.56 Å². The van der Waals surface area contributed by atoms with E-state index in [1.165, 1.54) is 4.90 Å². The summed E-state index contributed by atoms with van der Waals surface area (Å²) in [5, 5.41) is 12.0. The third-order valence-corrected chi connectivity index (χ3v) is 3.73.